The number of aromatic amines is 1. The molecule has 126 valence electrons. The second-order valence-corrected chi connectivity index (χ2v) is 5.82. The number of benzene rings is 1. The Kier molecular flexibility index (Phi) is 4.61. The summed E-state index contributed by atoms with van der Waals surface area (Å²) in [6.07, 6.45) is 2.60. The second-order valence-electron chi connectivity index (χ2n) is 5.82. The SMILES string of the molecule is COc1ccc([C@H]2CN(C(=O)c3cnc[nH]c3=O)CCN2C)cc1. The summed E-state index contributed by atoms with van der Waals surface area (Å²) in [5.41, 5.74) is 0.779. The first-order valence-electron chi connectivity index (χ1n) is 7.76. The van der Waals surface area contributed by atoms with E-state index in [1.165, 1.54) is 12.5 Å². The molecule has 1 fully saturated rings. The second kappa shape index (κ2) is 6.84. The summed E-state index contributed by atoms with van der Waals surface area (Å²) < 4.78 is 5.19. The van der Waals surface area contributed by atoms with Crippen molar-refractivity contribution in [1.82, 2.24) is 19.8 Å². The van der Waals surface area contributed by atoms with Gasteiger partial charge in [0.2, 0.25) is 0 Å². The standard InChI is InChI=1S/C17H20N4O3/c1-20-7-8-21(17(23)14-9-18-11-19-16(14)22)10-15(20)12-3-5-13(24-2)6-4-12/h3-6,9,11,15H,7-8,10H2,1-2H3,(H,18,19,22)/t15-/m1/s1. The van der Waals surface area contributed by atoms with Gasteiger partial charge in [-0.3, -0.25) is 14.5 Å². The Morgan fingerprint density at radius 1 is 1.29 bits per heavy atom. The third-order valence-electron chi connectivity index (χ3n) is 4.38. The summed E-state index contributed by atoms with van der Waals surface area (Å²) in [4.78, 5) is 34.7. The lowest BCUT2D eigenvalue weighted by Crippen LogP contribution is -2.49. The van der Waals surface area contributed by atoms with Crippen LogP contribution in [0.3, 0.4) is 0 Å². The molecule has 2 heterocycles. The average molecular weight is 328 g/mol. The highest BCUT2D eigenvalue weighted by Crippen LogP contribution is 2.26. The molecular formula is C17H20N4O3. The van der Waals surface area contributed by atoms with Gasteiger partial charge in [0.05, 0.1) is 19.5 Å². The van der Waals surface area contributed by atoms with Crippen LogP contribution >= 0.6 is 0 Å². The van der Waals surface area contributed by atoms with Crippen molar-refractivity contribution in [3.63, 3.8) is 0 Å². The van der Waals surface area contributed by atoms with Gasteiger partial charge in [0.25, 0.3) is 11.5 Å². The summed E-state index contributed by atoms with van der Waals surface area (Å²) >= 11 is 0. The molecule has 1 aliphatic rings. The number of likely N-dealkylation sites (N-methyl/N-ethyl adjacent to an activating group) is 1. The van der Waals surface area contributed by atoms with E-state index in [-0.39, 0.29) is 17.5 Å². The minimum absolute atomic E-state index is 0.0735. The van der Waals surface area contributed by atoms with E-state index in [1.807, 2.05) is 31.3 Å². The molecule has 0 bridgehead atoms. The quantitative estimate of drug-likeness (QED) is 0.906. The van der Waals surface area contributed by atoms with Gasteiger partial charge in [-0.1, -0.05) is 12.1 Å². The number of nitrogens with one attached hydrogen (secondary N) is 1. The van der Waals surface area contributed by atoms with Gasteiger partial charge in [0, 0.05) is 25.8 Å². The summed E-state index contributed by atoms with van der Waals surface area (Å²) in [6, 6.07) is 7.91. The predicted octanol–water partition coefficient (Wildman–Crippen LogP) is 0.907. The lowest BCUT2D eigenvalue weighted by atomic mass is 10.0. The van der Waals surface area contributed by atoms with E-state index in [9.17, 15) is 9.59 Å². The molecule has 7 nitrogen and oxygen atoms in total. The molecule has 0 spiro atoms. The highest BCUT2D eigenvalue weighted by atomic mass is 16.5. The number of hydrogen-bond acceptors (Lipinski definition) is 5. The highest BCUT2D eigenvalue weighted by Gasteiger charge is 2.30. The molecule has 0 radical (unpaired) electrons. The Morgan fingerprint density at radius 3 is 2.71 bits per heavy atom. The van der Waals surface area contributed by atoms with E-state index in [0.29, 0.717) is 13.1 Å². The Balaban J connectivity index is 1.81. The van der Waals surface area contributed by atoms with Crippen LogP contribution in [0, 0.1) is 0 Å². The maximum Gasteiger partial charge on any atom is 0.263 e. The highest BCUT2D eigenvalue weighted by molar-refractivity contribution is 5.93. The van der Waals surface area contributed by atoms with Crippen LogP contribution in [0.5, 0.6) is 5.75 Å². The zero-order chi connectivity index (χ0) is 17.1. The summed E-state index contributed by atoms with van der Waals surface area (Å²) in [6.45, 7) is 1.84. The molecule has 1 aromatic heterocycles. The third kappa shape index (κ3) is 3.16. The molecule has 2 aromatic rings. The fourth-order valence-electron chi connectivity index (χ4n) is 2.91. The van der Waals surface area contributed by atoms with E-state index >= 15 is 0 Å². The molecule has 1 saturated heterocycles. The van der Waals surface area contributed by atoms with Crippen molar-refractivity contribution in [3.05, 3.63) is 58.3 Å². The molecule has 0 unspecified atom stereocenters. The molecular weight excluding hydrogens is 308 g/mol. The van der Waals surface area contributed by atoms with Crippen molar-refractivity contribution in [1.29, 1.82) is 0 Å². The van der Waals surface area contributed by atoms with Crippen molar-refractivity contribution in [2.24, 2.45) is 0 Å². The lowest BCUT2D eigenvalue weighted by Gasteiger charge is -2.39. The fraction of sp³-hybridized carbons (Fsp3) is 0.353. The van der Waals surface area contributed by atoms with Crippen LogP contribution in [-0.2, 0) is 0 Å². The number of nitrogens with zero attached hydrogens (tertiary/aromatic N) is 3. The first-order chi connectivity index (χ1) is 11.6. The van der Waals surface area contributed by atoms with Crippen molar-refractivity contribution in [3.8, 4) is 5.75 Å². The van der Waals surface area contributed by atoms with E-state index in [2.05, 4.69) is 14.9 Å². The Labute approximate surface area is 139 Å². The topological polar surface area (TPSA) is 78.5 Å². The monoisotopic (exact) mass is 328 g/mol. The van der Waals surface area contributed by atoms with Crippen LogP contribution < -0.4 is 10.3 Å². The number of amides is 1. The van der Waals surface area contributed by atoms with E-state index in [0.717, 1.165) is 17.9 Å². The molecule has 1 aliphatic heterocycles. The first kappa shape index (κ1) is 16.2. The van der Waals surface area contributed by atoms with Gasteiger partial charge >= 0.3 is 0 Å². The fourth-order valence-corrected chi connectivity index (χ4v) is 2.91. The number of aromatic nitrogens is 2. The van der Waals surface area contributed by atoms with Crippen LogP contribution in [0.4, 0.5) is 0 Å². The molecule has 1 N–H and O–H groups in total. The number of carbonyl (C=O) groups is 1. The molecule has 3 rings (SSSR count). The van der Waals surface area contributed by atoms with Gasteiger partial charge in [-0.25, -0.2) is 4.98 Å². The Morgan fingerprint density at radius 2 is 2.04 bits per heavy atom. The van der Waals surface area contributed by atoms with Gasteiger partial charge in [-0.05, 0) is 24.7 Å². The molecule has 1 atom stereocenters. The number of piperazine rings is 1. The molecule has 7 heteroatoms. The minimum Gasteiger partial charge on any atom is -0.497 e. The Bertz CT molecular complexity index is 772. The van der Waals surface area contributed by atoms with E-state index in [4.69, 9.17) is 4.74 Å². The van der Waals surface area contributed by atoms with E-state index in [1.54, 1.807) is 12.0 Å². The summed E-state index contributed by atoms with van der Waals surface area (Å²) in [7, 11) is 3.67. The van der Waals surface area contributed by atoms with Crippen LogP contribution in [0.15, 0.2) is 41.6 Å². The van der Waals surface area contributed by atoms with Gasteiger partial charge in [0.1, 0.15) is 11.3 Å². The van der Waals surface area contributed by atoms with Crippen molar-refractivity contribution in [2.75, 3.05) is 33.8 Å². The number of hydrogen-bond donors (Lipinski definition) is 1. The van der Waals surface area contributed by atoms with Gasteiger partial charge in [-0.2, -0.15) is 0 Å². The maximum atomic E-state index is 12.6. The zero-order valence-electron chi connectivity index (χ0n) is 13.7. The van der Waals surface area contributed by atoms with Crippen molar-refractivity contribution >= 4 is 5.91 Å². The van der Waals surface area contributed by atoms with Crippen LogP contribution in [0.1, 0.15) is 22.0 Å². The zero-order valence-corrected chi connectivity index (χ0v) is 13.7. The largest absolute Gasteiger partial charge is 0.497 e. The molecule has 0 aliphatic carbocycles. The molecule has 1 aromatic carbocycles. The smallest absolute Gasteiger partial charge is 0.263 e. The normalized spacial score (nSPS) is 18.4. The minimum atomic E-state index is -0.407. The number of rotatable bonds is 3. The van der Waals surface area contributed by atoms with Crippen LogP contribution in [0.25, 0.3) is 0 Å². The van der Waals surface area contributed by atoms with Crippen LogP contribution in [0.2, 0.25) is 0 Å². The summed E-state index contributed by atoms with van der Waals surface area (Å²) in [5.74, 6) is 0.517. The number of H-pyrrole nitrogens is 1. The number of ether oxygens (including phenoxy) is 1. The van der Waals surface area contributed by atoms with E-state index < -0.39 is 5.56 Å². The van der Waals surface area contributed by atoms with Crippen molar-refractivity contribution in [2.45, 2.75) is 6.04 Å². The third-order valence-corrected chi connectivity index (χ3v) is 4.38. The number of methoxy groups -OCH3 is 1. The van der Waals surface area contributed by atoms with Crippen LogP contribution in [-0.4, -0.2) is 59.5 Å². The molecule has 0 saturated carbocycles. The van der Waals surface area contributed by atoms with Gasteiger partial charge < -0.3 is 14.6 Å². The first-order valence-corrected chi connectivity index (χ1v) is 7.76. The molecule has 1 amide bonds. The van der Waals surface area contributed by atoms with Gasteiger partial charge in [0.15, 0.2) is 0 Å². The van der Waals surface area contributed by atoms with Gasteiger partial charge in [-0.15, -0.1) is 0 Å². The predicted molar refractivity (Wildman–Crippen MR) is 89.1 cm³/mol. The Hall–Kier alpha value is -2.67. The van der Waals surface area contributed by atoms with Crippen molar-refractivity contribution < 1.29 is 9.53 Å². The summed E-state index contributed by atoms with van der Waals surface area (Å²) in [5, 5.41) is 0. The average Bonchev–Trinajstić information content (AvgIpc) is 2.62. The maximum absolute atomic E-state index is 12.6. The lowest BCUT2D eigenvalue weighted by molar-refractivity contribution is 0.0544. The molecule has 24 heavy (non-hydrogen) atoms. The number of carbonyl (C=O) groups excluding carboxylic acids is 1.